The predicted molar refractivity (Wildman–Crippen MR) is 206 cm³/mol. The van der Waals surface area contributed by atoms with Gasteiger partial charge in [-0.25, -0.2) is 0 Å². The molecule has 0 bridgehead atoms. The van der Waals surface area contributed by atoms with Gasteiger partial charge in [0.15, 0.2) is 6.10 Å². The lowest BCUT2D eigenvalue weighted by Gasteiger charge is -2.18. The summed E-state index contributed by atoms with van der Waals surface area (Å²) in [5.41, 5.74) is 0. The first-order chi connectivity index (χ1) is 23.6. The molecule has 6 heteroatoms. The molecule has 2 atom stereocenters. The van der Waals surface area contributed by atoms with Crippen molar-refractivity contribution in [2.24, 2.45) is 17.8 Å². The number of unbranched alkanes of at least 4 members (excludes halogenated alkanes) is 18. The molecule has 0 fully saturated rings. The standard InChI is InChI=1S/C43H82O6/c1-7-39(6)31-25-19-15-16-21-27-33-42(45)48-36-40(35-47-41(44)32-26-20-14-10-12-18-24-30-38(4)5)49-43(46)34-28-22-13-9-8-11-17-23-29-37(2)3/h37-40H,7-36H2,1-6H3/t39?,40-/m1/s1. The number of hydrogen-bond acceptors (Lipinski definition) is 6. The number of esters is 3. The summed E-state index contributed by atoms with van der Waals surface area (Å²) in [6.07, 6.45) is 29.6. The second kappa shape index (κ2) is 34.8. The molecule has 49 heavy (non-hydrogen) atoms. The maximum atomic E-state index is 12.6. The van der Waals surface area contributed by atoms with Gasteiger partial charge in [0.2, 0.25) is 0 Å². The van der Waals surface area contributed by atoms with E-state index in [0.29, 0.717) is 19.3 Å². The lowest BCUT2D eigenvalue weighted by atomic mass is 10.00. The second-order valence-electron chi connectivity index (χ2n) is 15.8. The van der Waals surface area contributed by atoms with Crippen molar-refractivity contribution >= 4 is 17.9 Å². The molecule has 0 aliphatic carbocycles. The molecule has 290 valence electrons. The predicted octanol–water partition coefficient (Wildman–Crippen LogP) is 12.9. The molecule has 0 N–H and O–H groups in total. The largest absolute Gasteiger partial charge is 0.462 e. The zero-order valence-corrected chi connectivity index (χ0v) is 33.5. The number of carbonyl (C=O) groups excluding carboxylic acids is 3. The minimum atomic E-state index is -0.761. The Kier molecular flexibility index (Phi) is 33.7. The summed E-state index contributed by atoms with van der Waals surface area (Å²) in [4.78, 5) is 37.5. The number of rotatable bonds is 36. The van der Waals surface area contributed by atoms with E-state index in [1.165, 1.54) is 103 Å². The molecule has 0 amide bonds. The van der Waals surface area contributed by atoms with Gasteiger partial charge >= 0.3 is 17.9 Å². The van der Waals surface area contributed by atoms with Crippen LogP contribution in [-0.2, 0) is 28.6 Å². The molecule has 0 radical (unpaired) electrons. The Hall–Kier alpha value is -1.59. The Morgan fingerprint density at radius 1 is 0.408 bits per heavy atom. The minimum Gasteiger partial charge on any atom is -0.462 e. The molecule has 0 saturated carbocycles. The SMILES string of the molecule is CCC(C)CCCCCCCCC(=O)OC[C@@H](COC(=O)CCCCCCCCCC(C)C)OC(=O)CCCCCCCCCCC(C)C. The van der Waals surface area contributed by atoms with Crippen molar-refractivity contribution < 1.29 is 28.6 Å². The van der Waals surface area contributed by atoms with Gasteiger partial charge in [-0.15, -0.1) is 0 Å². The first-order valence-electron chi connectivity index (χ1n) is 21.1. The van der Waals surface area contributed by atoms with Gasteiger partial charge < -0.3 is 14.2 Å². The van der Waals surface area contributed by atoms with E-state index in [1.807, 2.05) is 0 Å². The molecule has 0 aliphatic rings. The minimum absolute atomic E-state index is 0.0683. The third kappa shape index (κ3) is 36.0. The molecule has 0 spiro atoms. The molecule has 6 nitrogen and oxygen atoms in total. The number of carbonyl (C=O) groups is 3. The molecule has 0 aliphatic heterocycles. The van der Waals surface area contributed by atoms with E-state index in [9.17, 15) is 14.4 Å². The Balaban J connectivity index is 4.38. The van der Waals surface area contributed by atoms with E-state index < -0.39 is 6.10 Å². The van der Waals surface area contributed by atoms with Gasteiger partial charge in [-0.05, 0) is 37.0 Å². The molecular weight excluding hydrogens is 612 g/mol. The summed E-state index contributed by atoms with van der Waals surface area (Å²) in [6, 6.07) is 0. The van der Waals surface area contributed by atoms with Crippen molar-refractivity contribution in [3.63, 3.8) is 0 Å². The van der Waals surface area contributed by atoms with Crippen molar-refractivity contribution in [2.45, 2.75) is 227 Å². The summed E-state index contributed by atoms with van der Waals surface area (Å²) < 4.78 is 16.6. The van der Waals surface area contributed by atoms with Gasteiger partial charge in [0.05, 0.1) is 0 Å². The smallest absolute Gasteiger partial charge is 0.306 e. The van der Waals surface area contributed by atoms with Gasteiger partial charge in [-0.2, -0.15) is 0 Å². The van der Waals surface area contributed by atoms with E-state index in [2.05, 4.69) is 41.5 Å². The molecule has 0 aromatic rings. The van der Waals surface area contributed by atoms with Crippen LogP contribution in [0.1, 0.15) is 221 Å². The van der Waals surface area contributed by atoms with Crippen LogP contribution in [0.3, 0.4) is 0 Å². The summed E-state index contributed by atoms with van der Waals surface area (Å²) in [5.74, 6) is 1.52. The Morgan fingerprint density at radius 2 is 0.714 bits per heavy atom. The highest BCUT2D eigenvalue weighted by Gasteiger charge is 2.19. The van der Waals surface area contributed by atoms with Crippen LogP contribution >= 0.6 is 0 Å². The normalized spacial score (nSPS) is 12.7. The highest BCUT2D eigenvalue weighted by atomic mass is 16.6. The van der Waals surface area contributed by atoms with Crippen LogP contribution in [0.2, 0.25) is 0 Å². The summed E-state index contributed by atoms with van der Waals surface area (Å²) in [6.45, 7) is 13.5. The van der Waals surface area contributed by atoms with E-state index in [-0.39, 0.29) is 31.1 Å². The average Bonchev–Trinajstić information content (AvgIpc) is 3.06. The van der Waals surface area contributed by atoms with Crippen LogP contribution in [0.4, 0.5) is 0 Å². The first kappa shape index (κ1) is 47.4. The number of ether oxygens (including phenoxy) is 3. The third-order valence-electron chi connectivity index (χ3n) is 9.76. The summed E-state index contributed by atoms with van der Waals surface area (Å²) in [5, 5.41) is 0. The molecule has 0 saturated heterocycles. The van der Waals surface area contributed by atoms with Gasteiger partial charge in [0, 0.05) is 19.3 Å². The molecule has 0 aromatic heterocycles. The monoisotopic (exact) mass is 695 g/mol. The molecule has 1 unspecified atom stereocenters. The van der Waals surface area contributed by atoms with Crippen LogP contribution in [0.15, 0.2) is 0 Å². The Morgan fingerprint density at radius 3 is 1.06 bits per heavy atom. The summed E-state index contributed by atoms with van der Waals surface area (Å²) >= 11 is 0. The third-order valence-corrected chi connectivity index (χ3v) is 9.76. The highest BCUT2D eigenvalue weighted by molar-refractivity contribution is 5.71. The maximum absolute atomic E-state index is 12.6. The van der Waals surface area contributed by atoms with Crippen LogP contribution in [0, 0.1) is 17.8 Å². The fourth-order valence-electron chi connectivity index (χ4n) is 6.14. The quantitative estimate of drug-likeness (QED) is 0.0369. The highest BCUT2D eigenvalue weighted by Crippen LogP contribution is 2.16. The Bertz CT molecular complexity index is 763. The van der Waals surface area contributed by atoms with E-state index in [1.54, 1.807) is 0 Å². The van der Waals surface area contributed by atoms with Crippen LogP contribution in [0.25, 0.3) is 0 Å². The topological polar surface area (TPSA) is 78.9 Å². The molecule has 0 heterocycles. The lowest BCUT2D eigenvalue weighted by molar-refractivity contribution is -0.167. The molecular formula is C43H82O6. The zero-order valence-electron chi connectivity index (χ0n) is 33.5. The maximum Gasteiger partial charge on any atom is 0.306 e. The average molecular weight is 695 g/mol. The van der Waals surface area contributed by atoms with Crippen molar-refractivity contribution in [1.29, 1.82) is 0 Å². The van der Waals surface area contributed by atoms with Gasteiger partial charge in [0.25, 0.3) is 0 Å². The van der Waals surface area contributed by atoms with Crippen molar-refractivity contribution in [3.8, 4) is 0 Å². The summed E-state index contributed by atoms with van der Waals surface area (Å²) in [7, 11) is 0. The second-order valence-corrected chi connectivity index (χ2v) is 15.8. The van der Waals surface area contributed by atoms with Gasteiger partial charge in [0.1, 0.15) is 13.2 Å². The van der Waals surface area contributed by atoms with Crippen LogP contribution in [0.5, 0.6) is 0 Å². The van der Waals surface area contributed by atoms with E-state index >= 15 is 0 Å². The lowest BCUT2D eigenvalue weighted by Crippen LogP contribution is -2.30. The van der Waals surface area contributed by atoms with Crippen LogP contribution < -0.4 is 0 Å². The zero-order chi connectivity index (χ0) is 36.4. The van der Waals surface area contributed by atoms with Crippen molar-refractivity contribution in [3.05, 3.63) is 0 Å². The van der Waals surface area contributed by atoms with Gasteiger partial charge in [-0.1, -0.05) is 183 Å². The first-order valence-corrected chi connectivity index (χ1v) is 21.1. The fraction of sp³-hybridized carbons (Fsp3) is 0.930. The Labute approximate surface area is 304 Å². The molecule has 0 rings (SSSR count). The van der Waals surface area contributed by atoms with E-state index in [0.717, 1.165) is 75.5 Å². The van der Waals surface area contributed by atoms with Gasteiger partial charge in [-0.3, -0.25) is 14.4 Å². The van der Waals surface area contributed by atoms with E-state index in [4.69, 9.17) is 14.2 Å². The molecule has 0 aromatic carbocycles. The fourth-order valence-corrected chi connectivity index (χ4v) is 6.14. The van der Waals surface area contributed by atoms with Crippen molar-refractivity contribution in [2.75, 3.05) is 13.2 Å². The van der Waals surface area contributed by atoms with Crippen LogP contribution in [-0.4, -0.2) is 37.2 Å². The van der Waals surface area contributed by atoms with Crippen molar-refractivity contribution in [1.82, 2.24) is 0 Å². The number of hydrogen-bond donors (Lipinski definition) is 0.